The molecule has 110 valence electrons. The third kappa shape index (κ3) is 2.64. The zero-order chi connectivity index (χ0) is 15.5. The molecule has 0 atom stereocenters. The molecule has 0 fully saturated rings. The number of ether oxygens (including phenoxy) is 1. The van der Waals surface area contributed by atoms with Crippen LogP contribution in [0.1, 0.15) is 10.5 Å². The molecule has 0 spiro atoms. The van der Waals surface area contributed by atoms with Crippen molar-refractivity contribution in [2.75, 3.05) is 12.4 Å². The summed E-state index contributed by atoms with van der Waals surface area (Å²) in [5.41, 5.74) is -0.0528. The maximum atomic E-state index is 12.1. The first kappa shape index (κ1) is 13.7. The molecule has 3 rings (SSSR count). The van der Waals surface area contributed by atoms with Gasteiger partial charge in [-0.05, 0) is 12.1 Å². The summed E-state index contributed by atoms with van der Waals surface area (Å²) in [5, 5.41) is 3.19. The zero-order valence-electron chi connectivity index (χ0n) is 11.6. The highest BCUT2D eigenvalue weighted by Crippen LogP contribution is 2.16. The minimum atomic E-state index is -0.631. The van der Waals surface area contributed by atoms with E-state index in [4.69, 9.17) is 9.15 Å². The highest BCUT2D eigenvalue weighted by Gasteiger charge is 2.13. The number of hydrogen-bond acceptors (Lipinski definition) is 6. The number of carbonyl (C=O) groups is 1. The van der Waals surface area contributed by atoms with Gasteiger partial charge in [-0.25, -0.2) is 14.8 Å². The summed E-state index contributed by atoms with van der Waals surface area (Å²) >= 11 is 0. The fraction of sp³-hybridized carbons (Fsp3) is 0.0667. The third-order valence-electron chi connectivity index (χ3n) is 2.97. The minimum Gasteiger partial charge on any atom is -0.481 e. The SMILES string of the molecule is COc1cc(C(=O)Nc2cc3ccccc3oc2=O)ncn1. The average molecular weight is 297 g/mol. The van der Waals surface area contributed by atoms with Crippen molar-refractivity contribution < 1.29 is 13.9 Å². The maximum Gasteiger partial charge on any atom is 0.360 e. The maximum absolute atomic E-state index is 12.1. The number of nitrogens with one attached hydrogen (secondary N) is 1. The van der Waals surface area contributed by atoms with E-state index in [0.29, 0.717) is 11.0 Å². The minimum absolute atomic E-state index is 0.0429. The number of aromatic nitrogens is 2. The molecule has 0 radical (unpaired) electrons. The number of fused-ring (bicyclic) bond motifs is 1. The molecule has 0 unspecified atom stereocenters. The number of para-hydroxylation sites is 1. The van der Waals surface area contributed by atoms with E-state index in [1.54, 1.807) is 24.3 Å². The molecular weight excluding hydrogens is 286 g/mol. The standard InChI is InChI=1S/C15H11N3O4/c1-21-13-7-10(16-8-17-13)14(19)18-11-6-9-4-2-3-5-12(9)22-15(11)20/h2-8H,1H3,(H,18,19). The Labute approximate surface area is 124 Å². The fourth-order valence-electron chi connectivity index (χ4n) is 1.91. The van der Waals surface area contributed by atoms with Crippen LogP contribution in [0.15, 0.2) is 51.9 Å². The topological polar surface area (TPSA) is 94.3 Å². The lowest BCUT2D eigenvalue weighted by Crippen LogP contribution is -2.19. The van der Waals surface area contributed by atoms with Gasteiger partial charge < -0.3 is 14.5 Å². The lowest BCUT2D eigenvalue weighted by atomic mass is 10.2. The molecule has 0 aliphatic heterocycles. The number of carbonyl (C=O) groups excluding carboxylic acids is 1. The van der Waals surface area contributed by atoms with Gasteiger partial charge in [0.1, 0.15) is 23.3 Å². The summed E-state index contributed by atoms with van der Waals surface area (Å²) in [6.45, 7) is 0. The van der Waals surface area contributed by atoms with E-state index in [0.717, 1.165) is 0 Å². The van der Waals surface area contributed by atoms with Crippen molar-refractivity contribution in [3.8, 4) is 5.88 Å². The molecule has 2 heterocycles. The van der Waals surface area contributed by atoms with Gasteiger partial charge in [0.05, 0.1) is 7.11 Å². The van der Waals surface area contributed by atoms with E-state index in [9.17, 15) is 9.59 Å². The van der Waals surface area contributed by atoms with Crippen LogP contribution >= 0.6 is 0 Å². The molecule has 7 nitrogen and oxygen atoms in total. The number of nitrogens with zero attached hydrogens (tertiary/aromatic N) is 2. The molecule has 22 heavy (non-hydrogen) atoms. The predicted octanol–water partition coefficient (Wildman–Crippen LogP) is 1.84. The van der Waals surface area contributed by atoms with E-state index < -0.39 is 11.5 Å². The van der Waals surface area contributed by atoms with E-state index in [2.05, 4.69) is 15.3 Å². The van der Waals surface area contributed by atoms with Gasteiger partial charge in [-0.1, -0.05) is 18.2 Å². The van der Waals surface area contributed by atoms with Gasteiger partial charge >= 0.3 is 5.63 Å². The van der Waals surface area contributed by atoms with Gasteiger partial charge in [-0.3, -0.25) is 4.79 Å². The first-order chi connectivity index (χ1) is 10.7. The lowest BCUT2D eigenvalue weighted by molar-refractivity contribution is 0.102. The van der Waals surface area contributed by atoms with Crippen molar-refractivity contribution in [1.82, 2.24) is 9.97 Å². The fourth-order valence-corrected chi connectivity index (χ4v) is 1.91. The van der Waals surface area contributed by atoms with Gasteiger partial charge in [0.15, 0.2) is 0 Å². The number of hydrogen-bond donors (Lipinski definition) is 1. The summed E-state index contributed by atoms with van der Waals surface area (Å²) in [6.07, 6.45) is 1.20. The predicted molar refractivity (Wildman–Crippen MR) is 79.0 cm³/mol. The van der Waals surface area contributed by atoms with Crippen LogP contribution in [0.4, 0.5) is 5.69 Å². The van der Waals surface area contributed by atoms with Crippen LogP contribution in [0, 0.1) is 0 Å². The van der Waals surface area contributed by atoms with Crippen LogP contribution < -0.4 is 15.7 Å². The van der Waals surface area contributed by atoms with Crippen molar-refractivity contribution in [2.45, 2.75) is 0 Å². The van der Waals surface area contributed by atoms with Crippen LogP contribution in [-0.2, 0) is 0 Å². The molecule has 0 aliphatic rings. The third-order valence-corrected chi connectivity index (χ3v) is 2.97. The number of benzene rings is 1. The Morgan fingerprint density at radius 2 is 2.05 bits per heavy atom. The normalized spacial score (nSPS) is 10.4. The van der Waals surface area contributed by atoms with Crippen LogP contribution in [0.5, 0.6) is 5.88 Å². The number of methoxy groups -OCH3 is 1. The van der Waals surface area contributed by atoms with Gasteiger partial charge in [0.2, 0.25) is 5.88 Å². The number of amides is 1. The Hall–Kier alpha value is -3.22. The molecule has 7 heteroatoms. The van der Waals surface area contributed by atoms with Crippen LogP contribution in [0.25, 0.3) is 11.0 Å². The van der Waals surface area contributed by atoms with Gasteiger partial charge in [0.25, 0.3) is 5.91 Å². The Kier molecular flexibility index (Phi) is 3.53. The van der Waals surface area contributed by atoms with Crippen molar-refractivity contribution >= 4 is 22.6 Å². The average Bonchev–Trinajstić information content (AvgIpc) is 2.55. The number of rotatable bonds is 3. The molecule has 1 N–H and O–H groups in total. The summed E-state index contributed by atoms with van der Waals surface area (Å²) in [5.74, 6) is -0.297. The zero-order valence-corrected chi connectivity index (χ0v) is 11.6. The molecule has 0 aliphatic carbocycles. The van der Waals surface area contributed by atoms with Crippen molar-refractivity contribution in [3.63, 3.8) is 0 Å². The van der Waals surface area contributed by atoms with Crippen LogP contribution in [-0.4, -0.2) is 23.0 Å². The van der Waals surface area contributed by atoms with E-state index >= 15 is 0 Å². The van der Waals surface area contributed by atoms with Crippen LogP contribution in [0.3, 0.4) is 0 Å². The second-order valence-electron chi connectivity index (χ2n) is 4.39. The van der Waals surface area contributed by atoms with Crippen molar-refractivity contribution in [1.29, 1.82) is 0 Å². The molecule has 2 aromatic heterocycles. The van der Waals surface area contributed by atoms with E-state index in [1.807, 2.05) is 6.07 Å². The first-order valence-electron chi connectivity index (χ1n) is 6.37. The Morgan fingerprint density at radius 3 is 2.86 bits per heavy atom. The molecule has 1 amide bonds. The van der Waals surface area contributed by atoms with E-state index in [1.165, 1.54) is 19.5 Å². The highest BCUT2D eigenvalue weighted by atomic mass is 16.5. The summed E-state index contributed by atoms with van der Waals surface area (Å²) < 4.78 is 10.1. The van der Waals surface area contributed by atoms with Gasteiger partial charge in [-0.2, -0.15) is 0 Å². The Balaban J connectivity index is 1.93. The lowest BCUT2D eigenvalue weighted by Gasteiger charge is -2.05. The van der Waals surface area contributed by atoms with E-state index in [-0.39, 0.29) is 17.3 Å². The van der Waals surface area contributed by atoms with Gasteiger partial charge in [-0.15, -0.1) is 0 Å². The van der Waals surface area contributed by atoms with Gasteiger partial charge in [0, 0.05) is 11.5 Å². The molecule has 3 aromatic rings. The quantitative estimate of drug-likeness (QED) is 0.741. The largest absolute Gasteiger partial charge is 0.481 e. The Morgan fingerprint density at radius 1 is 1.23 bits per heavy atom. The second-order valence-corrected chi connectivity index (χ2v) is 4.39. The monoisotopic (exact) mass is 297 g/mol. The summed E-state index contributed by atoms with van der Waals surface area (Å²) in [6, 6.07) is 9.95. The summed E-state index contributed by atoms with van der Waals surface area (Å²) in [4.78, 5) is 31.7. The van der Waals surface area contributed by atoms with Crippen LogP contribution in [0.2, 0.25) is 0 Å². The number of anilines is 1. The molecule has 0 bridgehead atoms. The molecule has 1 aromatic carbocycles. The molecular formula is C15H11N3O4. The first-order valence-corrected chi connectivity index (χ1v) is 6.37. The smallest absolute Gasteiger partial charge is 0.360 e. The second kappa shape index (κ2) is 5.65. The summed E-state index contributed by atoms with van der Waals surface area (Å²) in [7, 11) is 1.43. The molecule has 0 saturated heterocycles. The Bertz CT molecular complexity index is 904. The highest BCUT2D eigenvalue weighted by molar-refractivity contribution is 6.03. The van der Waals surface area contributed by atoms with Crippen molar-refractivity contribution in [3.05, 3.63) is 58.8 Å². The molecule has 0 saturated carbocycles. The van der Waals surface area contributed by atoms with Crippen molar-refractivity contribution in [2.24, 2.45) is 0 Å².